The molecule has 5 unspecified atom stereocenters. The highest BCUT2D eigenvalue weighted by atomic mass is 31.2. The molecule has 0 aliphatic carbocycles. The van der Waals surface area contributed by atoms with Gasteiger partial charge in [0.2, 0.25) is 0 Å². The van der Waals surface area contributed by atoms with Crippen LogP contribution in [0.4, 0.5) is 0 Å². The highest BCUT2D eigenvalue weighted by Gasteiger charge is 2.30. The van der Waals surface area contributed by atoms with E-state index in [4.69, 9.17) is 37.0 Å². The molecule has 0 rings (SSSR count). The third kappa shape index (κ3) is 77.1. The number of phosphoric ester groups is 2. The molecule has 0 aromatic heterocycles. The van der Waals surface area contributed by atoms with E-state index in [1.165, 1.54) is 64.2 Å². The Labute approximate surface area is 643 Å². The highest BCUT2D eigenvalue weighted by Crippen LogP contribution is 2.45. The average molecular weight is 1530 g/mol. The third-order valence-electron chi connectivity index (χ3n) is 16.8. The summed E-state index contributed by atoms with van der Waals surface area (Å²) < 4.78 is 68.6. The maximum absolute atomic E-state index is 13.1. The van der Waals surface area contributed by atoms with Crippen LogP contribution in [0.3, 0.4) is 0 Å². The van der Waals surface area contributed by atoms with Crippen molar-refractivity contribution in [3.05, 3.63) is 146 Å². The van der Waals surface area contributed by atoms with E-state index in [1.807, 2.05) is 18.2 Å². The minimum Gasteiger partial charge on any atom is -0.462 e. The van der Waals surface area contributed by atoms with Crippen molar-refractivity contribution in [2.45, 2.75) is 341 Å². The molecule has 17 nitrogen and oxygen atoms in total. The van der Waals surface area contributed by atoms with Crippen LogP contribution in [0.25, 0.3) is 0 Å². The van der Waals surface area contributed by atoms with Gasteiger partial charge in [-0.05, 0) is 154 Å². The van der Waals surface area contributed by atoms with Gasteiger partial charge in [0.1, 0.15) is 19.3 Å². The first-order valence-corrected chi connectivity index (χ1v) is 44.1. The van der Waals surface area contributed by atoms with E-state index in [0.29, 0.717) is 32.1 Å². The summed E-state index contributed by atoms with van der Waals surface area (Å²) in [6.07, 6.45) is 89.8. The molecule has 0 fully saturated rings. The van der Waals surface area contributed by atoms with E-state index in [-0.39, 0.29) is 25.7 Å². The number of aliphatic hydroxyl groups excluding tert-OH is 1. The quantitative estimate of drug-likeness (QED) is 0.0169. The topological polar surface area (TPSA) is 237 Å². The Hall–Kier alpha value is -5.06. The van der Waals surface area contributed by atoms with Gasteiger partial charge in [-0.15, -0.1) is 0 Å². The van der Waals surface area contributed by atoms with Crippen molar-refractivity contribution in [1.82, 2.24) is 0 Å². The summed E-state index contributed by atoms with van der Waals surface area (Å²) in [7, 11) is -9.99. The molecule has 0 saturated carbocycles. The second-order valence-electron chi connectivity index (χ2n) is 26.9. The lowest BCUT2D eigenvalue weighted by molar-refractivity contribution is -0.161. The Morgan fingerprint density at radius 2 is 0.509 bits per heavy atom. The second-order valence-corrected chi connectivity index (χ2v) is 29.8. The SMILES string of the molecule is CC/C=C\C/C=C\C/C=C\C/C=C\C/C=C\C/C=C\CCC(=O)OCC(COP(=O)(O)OCC(O)COP(=O)(O)OCC(COC(=O)CCCCCCCC/C=C\C/C=C\C/C=C\C/C=C\CC)OC(=O)CCCCCCC/C=C\CCCCCC)OC(=O)CCCCCCC/C=C\CCCCCCCC. The number of allylic oxidation sites excluding steroid dienone is 24. The van der Waals surface area contributed by atoms with Crippen molar-refractivity contribution in [2.75, 3.05) is 39.6 Å². The highest BCUT2D eigenvalue weighted by molar-refractivity contribution is 7.47. The zero-order valence-corrected chi connectivity index (χ0v) is 68.1. The van der Waals surface area contributed by atoms with E-state index in [9.17, 15) is 43.2 Å². The molecule has 0 radical (unpaired) electrons. The Balaban J connectivity index is 5.43. The van der Waals surface area contributed by atoms with Crippen LogP contribution in [-0.4, -0.2) is 96.7 Å². The molecule has 0 bridgehead atoms. The van der Waals surface area contributed by atoms with Gasteiger partial charge in [0.05, 0.1) is 26.4 Å². The van der Waals surface area contributed by atoms with Crippen LogP contribution >= 0.6 is 15.6 Å². The number of ether oxygens (including phenoxy) is 4. The minimum absolute atomic E-state index is 0.0315. The van der Waals surface area contributed by atoms with Crippen LogP contribution in [0.5, 0.6) is 0 Å². The van der Waals surface area contributed by atoms with Crippen molar-refractivity contribution in [3.63, 3.8) is 0 Å². The summed E-state index contributed by atoms with van der Waals surface area (Å²) in [6, 6.07) is 0. The molecule has 0 saturated heterocycles. The van der Waals surface area contributed by atoms with Crippen molar-refractivity contribution in [2.24, 2.45) is 0 Å². The van der Waals surface area contributed by atoms with Gasteiger partial charge >= 0.3 is 39.5 Å². The lowest BCUT2D eigenvalue weighted by atomic mass is 10.1. The van der Waals surface area contributed by atoms with E-state index in [0.717, 1.165) is 173 Å². The van der Waals surface area contributed by atoms with E-state index >= 15 is 0 Å². The number of rotatable bonds is 76. The molecule has 0 aromatic carbocycles. The van der Waals surface area contributed by atoms with Crippen molar-refractivity contribution < 1.29 is 80.2 Å². The number of aliphatic hydroxyl groups is 1. The van der Waals surface area contributed by atoms with Crippen LogP contribution in [0.15, 0.2) is 146 Å². The number of carbonyl (C=O) groups is 4. The van der Waals surface area contributed by atoms with E-state index in [1.54, 1.807) is 0 Å². The molecular formula is C87H146O17P2. The smallest absolute Gasteiger partial charge is 0.462 e. The van der Waals surface area contributed by atoms with Gasteiger partial charge in [0, 0.05) is 25.7 Å². The number of unbranched alkanes of at least 4 members (excludes halogenated alkanes) is 26. The number of phosphoric acid groups is 2. The predicted molar refractivity (Wildman–Crippen MR) is 436 cm³/mol. The normalized spacial score (nSPS) is 14.6. The monoisotopic (exact) mass is 1530 g/mol. The molecule has 0 spiro atoms. The summed E-state index contributed by atoms with van der Waals surface area (Å²) >= 11 is 0. The van der Waals surface area contributed by atoms with E-state index in [2.05, 4.69) is 155 Å². The van der Waals surface area contributed by atoms with Crippen molar-refractivity contribution >= 4 is 39.5 Å². The molecule has 0 aliphatic rings. The lowest BCUT2D eigenvalue weighted by Gasteiger charge is -2.21. The zero-order valence-electron chi connectivity index (χ0n) is 66.3. The molecule has 606 valence electrons. The molecule has 5 atom stereocenters. The Kier molecular flexibility index (Phi) is 74.3. The Morgan fingerprint density at radius 1 is 0.274 bits per heavy atom. The molecule has 0 heterocycles. The zero-order chi connectivity index (χ0) is 77.4. The molecule has 106 heavy (non-hydrogen) atoms. The molecule has 0 aromatic rings. The molecular weight excluding hydrogens is 1380 g/mol. The number of carbonyl (C=O) groups excluding carboxylic acids is 4. The number of hydrogen-bond donors (Lipinski definition) is 3. The molecule has 0 aliphatic heterocycles. The third-order valence-corrected chi connectivity index (χ3v) is 18.7. The second kappa shape index (κ2) is 78.1. The minimum atomic E-state index is -5.00. The maximum Gasteiger partial charge on any atom is 0.472 e. The van der Waals surface area contributed by atoms with E-state index < -0.39 is 97.5 Å². The largest absolute Gasteiger partial charge is 0.472 e. The van der Waals surface area contributed by atoms with Crippen LogP contribution in [0.2, 0.25) is 0 Å². The van der Waals surface area contributed by atoms with Gasteiger partial charge in [0.15, 0.2) is 12.2 Å². The first kappa shape index (κ1) is 101. The van der Waals surface area contributed by atoms with Crippen LogP contribution in [-0.2, 0) is 65.4 Å². The van der Waals surface area contributed by atoms with Gasteiger partial charge in [0.25, 0.3) is 0 Å². The molecule has 0 amide bonds. The van der Waals surface area contributed by atoms with Gasteiger partial charge in [-0.1, -0.05) is 289 Å². The van der Waals surface area contributed by atoms with Crippen LogP contribution in [0, 0.1) is 0 Å². The standard InChI is InChI=1S/C87H146O17P2/c1-5-9-13-17-21-25-29-33-36-38-40-42-45-48-51-55-59-63-67-71-84(89)97-77-82(103-86(91)73-69-65-61-57-53-47-32-28-24-20-16-12-8-4)79-101-105(93,94)99-75-81(88)76-100-106(95,96)102-80-83(104-87(92)74-70-66-62-58-54-50-44-35-31-27-23-19-15-11-7-3)78-98-85(90)72-68-64-60-56-52-49-46-43-41-39-37-34-30-26-22-18-14-10-6-2/h9-10,13-14,21-22,25-26,28,32-37,40-44,49,52,60,64,81-83,88H,5-8,11-12,15-20,23-24,27,29-31,38-39,45-48,50-51,53-59,61-63,65-80H2,1-4H3,(H,93,94)(H,95,96)/b13-9-,14-10-,25-21-,26-22-,32-28-,36-33-,37-34-,42-40-,43-41-,44-35-,52-49-,64-60-. The van der Waals surface area contributed by atoms with Gasteiger partial charge in [-0.25, -0.2) is 9.13 Å². The van der Waals surface area contributed by atoms with Crippen LogP contribution < -0.4 is 0 Å². The van der Waals surface area contributed by atoms with Crippen LogP contribution in [0.1, 0.15) is 323 Å². The summed E-state index contributed by atoms with van der Waals surface area (Å²) in [5.74, 6) is -2.31. The first-order valence-electron chi connectivity index (χ1n) is 41.1. The first-order chi connectivity index (χ1) is 51.7. The summed E-state index contributed by atoms with van der Waals surface area (Å²) in [5, 5.41) is 10.7. The fourth-order valence-corrected chi connectivity index (χ4v) is 12.2. The van der Waals surface area contributed by atoms with Gasteiger partial charge in [-0.2, -0.15) is 0 Å². The predicted octanol–water partition coefficient (Wildman–Crippen LogP) is 24.2. The van der Waals surface area contributed by atoms with Gasteiger partial charge in [-0.3, -0.25) is 37.3 Å². The van der Waals surface area contributed by atoms with Crippen molar-refractivity contribution in [3.8, 4) is 0 Å². The molecule has 3 N–H and O–H groups in total. The molecule has 19 heteroatoms. The Morgan fingerprint density at radius 3 is 0.830 bits per heavy atom. The fourth-order valence-electron chi connectivity index (χ4n) is 10.6. The summed E-state index contributed by atoms with van der Waals surface area (Å²) in [6.45, 7) is 4.52. The number of esters is 4. The number of hydrogen-bond acceptors (Lipinski definition) is 15. The lowest BCUT2D eigenvalue weighted by Crippen LogP contribution is -2.30. The average Bonchev–Trinajstić information content (AvgIpc) is 0.933. The fraction of sp³-hybridized carbons (Fsp3) is 0.678. The summed E-state index contributed by atoms with van der Waals surface area (Å²) in [5.41, 5.74) is 0. The maximum atomic E-state index is 13.1. The summed E-state index contributed by atoms with van der Waals surface area (Å²) in [4.78, 5) is 73.1. The van der Waals surface area contributed by atoms with Crippen molar-refractivity contribution in [1.29, 1.82) is 0 Å². The van der Waals surface area contributed by atoms with Gasteiger partial charge < -0.3 is 33.8 Å². The Bertz CT molecular complexity index is 2580.